The first-order valence-electron chi connectivity index (χ1n) is 6.99. The fourth-order valence-electron chi connectivity index (χ4n) is 2.38. The van der Waals surface area contributed by atoms with Crippen LogP contribution in [0.3, 0.4) is 0 Å². The second-order valence-electron chi connectivity index (χ2n) is 4.93. The molecule has 1 heterocycles. The molecule has 4 heteroatoms. The van der Waals surface area contributed by atoms with Crippen LogP contribution in [0.15, 0.2) is 64.9 Å². The van der Waals surface area contributed by atoms with Gasteiger partial charge in [0.2, 0.25) is 0 Å². The monoisotopic (exact) mass is 328 g/mol. The Bertz CT molecular complexity index is 759. The molecule has 112 valence electrons. The number of thioether (sulfide) groups is 2. The number of fused-ring (bicyclic) bond motifs is 1. The van der Waals surface area contributed by atoms with Crippen LogP contribution in [0.5, 0.6) is 0 Å². The first-order valence-corrected chi connectivity index (χ1v) is 8.75. The van der Waals surface area contributed by atoms with E-state index in [4.69, 9.17) is 4.74 Å². The van der Waals surface area contributed by atoms with Gasteiger partial charge in [0.15, 0.2) is 0 Å². The van der Waals surface area contributed by atoms with Gasteiger partial charge in [0.05, 0.1) is 4.58 Å². The molecule has 0 spiro atoms. The van der Waals surface area contributed by atoms with Crippen LogP contribution in [0.25, 0.3) is 10.8 Å². The van der Waals surface area contributed by atoms with Gasteiger partial charge in [-0.2, -0.15) is 0 Å². The van der Waals surface area contributed by atoms with Gasteiger partial charge in [0.1, 0.15) is 6.61 Å². The lowest BCUT2D eigenvalue weighted by molar-refractivity contribution is -0.136. The minimum Gasteiger partial charge on any atom is -0.457 e. The van der Waals surface area contributed by atoms with E-state index in [9.17, 15) is 4.79 Å². The number of ether oxygens (including phenoxy) is 1. The van der Waals surface area contributed by atoms with Gasteiger partial charge in [-0.05, 0) is 28.2 Å². The second kappa shape index (κ2) is 6.63. The zero-order valence-electron chi connectivity index (χ0n) is 12.2. The largest absolute Gasteiger partial charge is 0.457 e. The second-order valence-corrected chi connectivity index (χ2v) is 7.74. The molecule has 0 fully saturated rings. The minimum atomic E-state index is -0.375. The van der Waals surface area contributed by atoms with E-state index in [2.05, 4.69) is 56.0 Å². The van der Waals surface area contributed by atoms with Crippen LogP contribution in [0.2, 0.25) is 0 Å². The summed E-state index contributed by atoms with van der Waals surface area (Å²) in [6, 6.07) is 14.8. The van der Waals surface area contributed by atoms with E-state index in [0.717, 1.165) is 4.91 Å². The molecule has 1 aliphatic rings. The number of allylic oxidation sites excluding steroid dienone is 1. The van der Waals surface area contributed by atoms with Crippen LogP contribution in [0.1, 0.15) is 17.1 Å². The van der Waals surface area contributed by atoms with Gasteiger partial charge in [-0.25, -0.2) is 4.79 Å². The lowest BCUT2D eigenvalue weighted by Crippen LogP contribution is -2.02. The predicted octanol–water partition coefficient (Wildman–Crippen LogP) is 5.28. The minimum absolute atomic E-state index is 0.309. The van der Waals surface area contributed by atoms with Crippen molar-refractivity contribution >= 4 is 40.3 Å². The fourth-order valence-corrected chi connectivity index (χ4v) is 5.37. The summed E-state index contributed by atoms with van der Waals surface area (Å²) in [5, 5.41) is 2.54. The summed E-state index contributed by atoms with van der Waals surface area (Å²) in [5.41, 5.74) is 1.32. The van der Waals surface area contributed by atoms with E-state index in [1.165, 1.54) is 27.3 Å². The molecule has 22 heavy (non-hydrogen) atoms. The molecule has 0 bridgehead atoms. The summed E-state index contributed by atoms with van der Waals surface area (Å²) in [5.74, 6) is -0.375. The van der Waals surface area contributed by atoms with Crippen molar-refractivity contribution in [2.45, 2.75) is 11.5 Å². The lowest BCUT2D eigenvalue weighted by atomic mass is 10.1. The molecule has 0 aromatic heterocycles. The van der Waals surface area contributed by atoms with E-state index in [1.807, 2.05) is 11.8 Å². The number of esters is 1. The molecule has 1 aliphatic heterocycles. The third kappa shape index (κ3) is 3.08. The Balaban J connectivity index is 1.80. The van der Waals surface area contributed by atoms with E-state index < -0.39 is 0 Å². The zero-order chi connectivity index (χ0) is 15.5. The lowest BCUT2D eigenvalue weighted by Gasteiger charge is -2.13. The quantitative estimate of drug-likeness (QED) is 0.563. The van der Waals surface area contributed by atoms with Gasteiger partial charge in [0.25, 0.3) is 0 Å². The highest BCUT2D eigenvalue weighted by Gasteiger charge is 2.26. The third-order valence-electron chi connectivity index (χ3n) is 3.52. The Hall–Kier alpha value is -1.65. The molecule has 1 unspecified atom stereocenters. The Morgan fingerprint density at radius 3 is 2.82 bits per heavy atom. The van der Waals surface area contributed by atoms with E-state index in [1.54, 1.807) is 11.8 Å². The zero-order valence-corrected chi connectivity index (χ0v) is 13.9. The molecule has 2 nitrogen and oxygen atoms in total. The van der Waals surface area contributed by atoms with Crippen molar-refractivity contribution in [3.05, 3.63) is 70.5 Å². The van der Waals surface area contributed by atoms with E-state index in [-0.39, 0.29) is 5.97 Å². The van der Waals surface area contributed by atoms with Gasteiger partial charge >= 0.3 is 5.97 Å². The highest BCUT2D eigenvalue weighted by atomic mass is 32.2. The number of benzene rings is 2. The van der Waals surface area contributed by atoms with Gasteiger partial charge in [-0.15, -0.1) is 23.5 Å². The van der Waals surface area contributed by atoms with Crippen LogP contribution in [0, 0.1) is 0 Å². The van der Waals surface area contributed by atoms with Gasteiger partial charge < -0.3 is 4.74 Å². The Kier molecular flexibility index (Phi) is 4.60. The van der Waals surface area contributed by atoms with Crippen molar-refractivity contribution in [2.24, 2.45) is 0 Å². The maximum Gasteiger partial charge on any atom is 0.330 e. The highest BCUT2D eigenvalue weighted by molar-refractivity contribution is 8.22. The van der Waals surface area contributed by atoms with Gasteiger partial charge in [0, 0.05) is 11.0 Å². The predicted molar refractivity (Wildman–Crippen MR) is 95.7 cm³/mol. The molecule has 1 atom stereocenters. The summed E-state index contributed by atoms with van der Waals surface area (Å²) < 4.78 is 5.48. The molecule has 0 amide bonds. The molecule has 0 aliphatic carbocycles. The standard InChI is InChI=1S/C18H16O2S2/c1-3-17(19)20-11-16-12(2)21-18(22-16)15-10-6-8-13-7-4-5-9-14(13)15/h3-10,18H,1,11H2,2H3. The summed E-state index contributed by atoms with van der Waals surface area (Å²) in [6.07, 6.45) is 1.20. The average molecular weight is 328 g/mol. The van der Waals surface area contributed by atoms with Gasteiger partial charge in [-0.3, -0.25) is 0 Å². The normalized spacial score (nSPS) is 17.8. The molecule has 2 aromatic carbocycles. The maximum absolute atomic E-state index is 11.2. The van der Waals surface area contributed by atoms with Crippen LogP contribution in [-0.2, 0) is 9.53 Å². The van der Waals surface area contributed by atoms with Crippen LogP contribution >= 0.6 is 23.5 Å². The van der Waals surface area contributed by atoms with Gasteiger partial charge in [-0.1, -0.05) is 49.0 Å². The topological polar surface area (TPSA) is 26.3 Å². The number of hydrogen-bond donors (Lipinski definition) is 0. The number of carbonyl (C=O) groups is 1. The van der Waals surface area contributed by atoms with Crippen molar-refractivity contribution in [3.63, 3.8) is 0 Å². The molecule has 3 rings (SSSR count). The molecule has 0 N–H and O–H groups in total. The molecular weight excluding hydrogens is 312 g/mol. The van der Waals surface area contributed by atoms with Crippen molar-refractivity contribution in [1.82, 2.24) is 0 Å². The Labute approximate surface area is 138 Å². The molecular formula is C18H16O2S2. The number of hydrogen-bond acceptors (Lipinski definition) is 4. The smallest absolute Gasteiger partial charge is 0.330 e. The summed E-state index contributed by atoms with van der Waals surface area (Å²) in [6.45, 7) is 5.83. The van der Waals surface area contributed by atoms with Crippen LogP contribution < -0.4 is 0 Å². The fraction of sp³-hybridized carbons (Fsp3) is 0.167. The SMILES string of the molecule is C=CC(=O)OCC1=C(C)SC(c2cccc3ccccc23)S1. The highest BCUT2D eigenvalue weighted by Crippen LogP contribution is 2.56. The molecule has 2 aromatic rings. The summed E-state index contributed by atoms with van der Waals surface area (Å²) >= 11 is 3.60. The third-order valence-corrected chi connectivity index (χ3v) is 6.47. The number of rotatable bonds is 4. The Morgan fingerprint density at radius 2 is 2.00 bits per heavy atom. The average Bonchev–Trinajstić information content (AvgIpc) is 2.92. The molecule has 0 radical (unpaired) electrons. The number of carbonyl (C=O) groups excluding carboxylic acids is 1. The maximum atomic E-state index is 11.2. The van der Waals surface area contributed by atoms with Crippen molar-refractivity contribution in [3.8, 4) is 0 Å². The summed E-state index contributed by atoms with van der Waals surface area (Å²) in [4.78, 5) is 13.6. The van der Waals surface area contributed by atoms with Crippen LogP contribution in [0.4, 0.5) is 0 Å². The molecule has 0 saturated carbocycles. The molecule has 0 saturated heterocycles. The van der Waals surface area contributed by atoms with Crippen molar-refractivity contribution in [2.75, 3.05) is 6.61 Å². The summed E-state index contributed by atoms with van der Waals surface area (Å²) in [7, 11) is 0. The van der Waals surface area contributed by atoms with Crippen molar-refractivity contribution in [1.29, 1.82) is 0 Å². The van der Waals surface area contributed by atoms with Crippen molar-refractivity contribution < 1.29 is 9.53 Å². The first-order chi connectivity index (χ1) is 10.7. The van der Waals surface area contributed by atoms with Crippen LogP contribution in [-0.4, -0.2) is 12.6 Å². The first kappa shape index (κ1) is 15.3. The Morgan fingerprint density at radius 1 is 1.23 bits per heavy atom. The van der Waals surface area contributed by atoms with E-state index in [0.29, 0.717) is 11.2 Å². The van der Waals surface area contributed by atoms with E-state index >= 15 is 0 Å².